The fourth-order valence-electron chi connectivity index (χ4n) is 1.58. The minimum atomic E-state index is 0.386. The van der Waals surface area contributed by atoms with Gasteiger partial charge >= 0.3 is 0 Å². The van der Waals surface area contributed by atoms with Gasteiger partial charge in [0.2, 0.25) is 0 Å². The van der Waals surface area contributed by atoms with Crippen LogP contribution in [0.5, 0.6) is 0 Å². The number of likely N-dealkylation sites (tertiary alicyclic amines) is 1. The van der Waals surface area contributed by atoms with E-state index in [4.69, 9.17) is 5.73 Å². The van der Waals surface area contributed by atoms with E-state index in [2.05, 4.69) is 34.9 Å². The SMILES string of the molecule is CC.CCN1CCC(C(C)N)C1.CCP. The number of nitrogens with zero attached hydrogens (tertiary/aromatic N) is 1. The van der Waals surface area contributed by atoms with Gasteiger partial charge in [-0.3, -0.25) is 0 Å². The van der Waals surface area contributed by atoms with Crippen LogP contribution in [0.15, 0.2) is 0 Å². The molecule has 3 atom stereocenters. The Morgan fingerprint density at radius 3 is 2.07 bits per heavy atom. The van der Waals surface area contributed by atoms with Crippen LogP contribution in [0.3, 0.4) is 0 Å². The maximum absolute atomic E-state index is 5.79. The second kappa shape index (κ2) is 12.4. The predicted octanol–water partition coefficient (Wildman–Crippen LogP) is 2.58. The molecule has 0 amide bonds. The van der Waals surface area contributed by atoms with Crippen molar-refractivity contribution in [1.82, 2.24) is 4.90 Å². The molecule has 94 valence electrons. The highest BCUT2D eigenvalue weighted by Crippen LogP contribution is 2.17. The standard InChI is InChI=1S/C8H18N2.C2H7P.C2H6/c1-3-10-5-4-8(6-10)7(2)9;1-2-3;1-2/h7-8H,3-6,9H2,1-2H3;2-3H2,1H3;1-2H3. The molecule has 0 aliphatic carbocycles. The Morgan fingerprint density at radius 2 is 1.87 bits per heavy atom. The lowest BCUT2D eigenvalue weighted by molar-refractivity contribution is 0.332. The maximum Gasteiger partial charge on any atom is 0.00514 e. The highest BCUT2D eigenvalue weighted by molar-refractivity contribution is 7.16. The molecule has 1 heterocycles. The van der Waals surface area contributed by atoms with Crippen LogP contribution in [0.4, 0.5) is 0 Å². The smallest absolute Gasteiger partial charge is 0.00514 e. The van der Waals surface area contributed by atoms with E-state index in [1.807, 2.05) is 13.8 Å². The number of rotatable bonds is 2. The van der Waals surface area contributed by atoms with Gasteiger partial charge in [-0.1, -0.05) is 27.7 Å². The van der Waals surface area contributed by atoms with E-state index in [1.165, 1.54) is 32.2 Å². The van der Waals surface area contributed by atoms with Crippen molar-refractivity contribution in [3.05, 3.63) is 0 Å². The molecule has 0 aromatic rings. The lowest BCUT2D eigenvalue weighted by Crippen LogP contribution is -2.29. The van der Waals surface area contributed by atoms with Gasteiger partial charge in [0.1, 0.15) is 0 Å². The lowest BCUT2D eigenvalue weighted by atomic mass is 10.0. The Bertz CT molecular complexity index is 118. The van der Waals surface area contributed by atoms with Crippen LogP contribution in [-0.2, 0) is 0 Å². The Hall–Kier alpha value is 0.350. The van der Waals surface area contributed by atoms with Crippen molar-refractivity contribution in [2.45, 2.75) is 47.1 Å². The summed E-state index contributed by atoms with van der Waals surface area (Å²) in [4.78, 5) is 2.47. The molecule has 0 aromatic carbocycles. The maximum atomic E-state index is 5.79. The zero-order valence-corrected chi connectivity index (χ0v) is 12.4. The molecule has 2 N–H and O–H groups in total. The van der Waals surface area contributed by atoms with Crippen molar-refractivity contribution in [2.24, 2.45) is 11.7 Å². The summed E-state index contributed by atoms with van der Waals surface area (Å²) in [6.45, 7) is 14.1. The average Bonchev–Trinajstić information content (AvgIpc) is 2.70. The van der Waals surface area contributed by atoms with Crippen LogP contribution < -0.4 is 5.73 Å². The summed E-state index contributed by atoms with van der Waals surface area (Å²) in [7, 11) is 2.58. The van der Waals surface area contributed by atoms with Gasteiger partial charge in [0.25, 0.3) is 0 Å². The van der Waals surface area contributed by atoms with Gasteiger partial charge in [-0.2, -0.15) is 0 Å². The molecule has 0 bridgehead atoms. The predicted molar refractivity (Wildman–Crippen MR) is 75.5 cm³/mol. The Morgan fingerprint density at radius 1 is 1.40 bits per heavy atom. The monoisotopic (exact) mass is 234 g/mol. The zero-order chi connectivity index (χ0) is 12.3. The van der Waals surface area contributed by atoms with Gasteiger partial charge in [0, 0.05) is 12.6 Å². The molecule has 0 spiro atoms. The Labute approximate surface area is 99.2 Å². The minimum absolute atomic E-state index is 0.386. The highest BCUT2D eigenvalue weighted by atomic mass is 31.0. The van der Waals surface area contributed by atoms with Crippen LogP contribution in [0, 0.1) is 5.92 Å². The molecule has 1 saturated heterocycles. The first-order valence-corrected chi connectivity index (χ1v) is 7.15. The fourth-order valence-corrected chi connectivity index (χ4v) is 1.58. The minimum Gasteiger partial charge on any atom is -0.328 e. The molecule has 15 heavy (non-hydrogen) atoms. The number of nitrogens with two attached hydrogens (primary N) is 1. The van der Waals surface area contributed by atoms with E-state index in [0.717, 1.165) is 5.92 Å². The number of hydrogen-bond acceptors (Lipinski definition) is 2. The van der Waals surface area contributed by atoms with Crippen molar-refractivity contribution in [1.29, 1.82) is 0 Å². The third-order valence-electron chi connectivity index (χ3n) is 2.50. The second-order valence-corrected chi connectivity index (χ2v) is 4.53. The summed E-state index contributed by atoms with van der Waals surface area (Å²) in [6.07, 6.45) is 2.46. The van der Waals surface area contributed by atoms with Crippen LogP contribution in [0.25, 0.3) is 0 Å². The van der Waals surface area contributed by atoms with E-state index in [-0.39, 0.29) is 0 Å². The Kier molecular flexibility index (Phi) is 14.7. The summed E-state index contributed by atoms with van der Waals surface area (Å²) in [5.74, 6) is 0.750. The van der Waals surface area contributed by atoms with Gasteiger partial charge in [-0.05, 0) is 38.5 Å². The van der Waals surface area contributed by atoms with Gasteiger partial charge in [0.15, 0.2) is 0 Å². The first-order valence-electron chi connectivity index (χ1n) is 6.33. The zero-order valence-electron chi connectivity index (χ0n) is 11.3. The van der Waals surface area contributed by atoms with Crippen LogP contribution in [-0.4, -0.2) is 36.7 Å². The van der Waals surface area contributed by atoms with Crippen molar-refractivity contribution in [2.75, 3.05) is 25.8 Å². The first-order chi connectivity index (χ1) is 7.15. The highest BCUT2D eigenvalue weighted by Gasteiger charge is 2.23. The van der Waals surface area contributed by atoms with Gasteiger partial charge in [-0.15, -0.1) is 9.24 Å². The average molecular weight is 234 g/mol. The van der Waals surface area contributed by atoms with Gasteiger partial charge in [-0.25, -0.2) is 0 Å². The van der Waals surface area contributed by atoms with Crippen molar-refractivity contribution >= 4 is 9.24 Å². The van der Waals surface area contributed by atoms with E-state index < -0.39 is 0 Å². The molecule has 1 rings (SSSR count). The molecular formula is C12H31N2P. The molecule has 1 aliphatic rings. The molecular weight excluding hydrogens is 203 g/mol. The van der Waals surface area contributed by atoms with Crippen LogP contribution in [0.2, 0.25) is 0 Å². The van der Waals surface area contributed by atoms with E-state index >= 15 is 0 Å². The van der Waals surface area contributed by atoms with E-state index in [1.54, 1.807) is 0 Å². The molecule has 0 saturated carbocycles. The van der Waals surface area contributed by atoms with Crippen LogP contribution in [0.1, 0.15) is 41.0 Å². The topological polar surface area (TPSA) is 29.3 Å². The van der Waals surface area contributed by atoms with E-state index in [9.17, 15) is 0 Å². The van der Waals surface area contributed by atoms with Crippen molar-refractivity contribution in [3.8, 4) is 0 Å². The molecule has 2 nitrogen and oxygen atoms in total. The van der Waals surface area contributed by atoms with Crippen LogP contribution >= 0.6 is 9.24 Å². The van der Waals surface area contributed by atoms with Gasteiger partial charge in [0.05, 0.1) is 0 Å². The molecule has 1 aliphatic heterocycles. The van der Waals surface area contributed by atoms with E-state index in [0.29, 0.717) is 6.04 Å². The third kappa shape index (κ3) is 9.29. The normalized spacial score (nSPS) is 22.2. The lowest BCUT2D eigenvalue weighted by Gasteiger charge is -2.15. The van der Waals surface area contributed by atoms with Gasteiger partial charge < -0.3 is 10.6 Å². The summed E-state index contributed by atoms with van der Waals surface area (Å²) in [5.41, 5.74) is 5.79. The molecule has 3 heteroatoms. The second-order valence-electron chi connectivity index (χ2n) is 3.71. The molecule has 3 unspecified atom stereocenters. The molecule has 0 aromatic heterocycles. The first kappa shape index (κ1) is 17.7. The van der Waals surface area contributed by atoms with Crippen molar-refractivity contribution in [3.63, 3.8) is 0 Å². The quantitative estimate of drug-likeness (QED) is 0.744. The summed E-state index contributed by atoms with van der Waals surface area (Å²) in [5, 5.41) is 0. The Balaban J connectivity index is 0. The van der Waals surface area contributed by atoms with Crippen molar-refractivity contribution < 1.29 is 0 Å². The molecule has 1 fully saturated rings. The third-order valence-corrected chi connectivity index (χ3v) is 2.50. The number of hydrogen-bond donors (Lipinski definition) is 1. The largest absolute Gasteiger partial charge is 0.328 e. The summed E-state index contributed by atoms with van der Waals surface area (Å²) < 4.78 is 0. The summed E-state index contributed by atoms with van der Waals surface area (Å²) in [6, 6.07) is 0.386. The fraction of sp³-hybridized carbons (Fsp3) is 1.00. The molecule has 0 radical (unpaired) electrons. The summed E-state index contributed by atoms with van der Waals surface area (Å²) >= 11 is 0.